The number of fused-ring (bicyclic) bond motifs is 1. The Hall–Kier alpha value is -2.74. The number of ether oxygens (including phenoxy) is 1. The predicted molar refractivity (Wildman–Crippen MR) is 84.9 cm³/mol. The van der Waals surface area contributed by atoms with Crippen LogP contribution >= 0.6 is 0 Å². The Morgan fingerprint density at radius 2 is 2.23 bits per heavy atom. The quantitative estimate of drug-likeness (QED) is 0.505. The van der Waals surface area contributed by atoms with Crippen LogP contribution in [0.1, 0.15) is 23.7 Å². The maximum absolute atomic E-state index is 11.5. The van der Waals surface area contributed by atoms with E-state index >= 15 is 0 Å². The number of carbonyl (C=O) groups is 1. The first-order valence-electron chi connectivity index (χ1n) is 7.15. The lowest BCUT2D eigenvalue weighted by molar-refractivity contribution is -0.138. The lowest BCUT2D eigenvalue weighted by Gasteiger charge is -2.04. The number of benzene rings is 1. The summed E-state index contributed by atoms with van der Waals surface area (Å²) >= 11 is 0. The molecule has 2 aromatic rings. The topological polar surface area (TPSA) is 77.9 Å². The van der Waals surface area contributed by atoms with Gasteiger partial charge in [-0.25, -0.2) is 4.79 Å². The van der Waals surface area contributed by atoms with Gasteiger partial charge in [-0.1, -0.05) is 6.07 Å². The van der Waals surface area contributed by atoms with E-state index < -0.39 is 5.97 Å². The molecule has 0 saturated carbocycles. The molecule has 0 bridgehead atoms. The van der Waals surface area contributed by atoms with Crippen LogP contribution in [-0.4, -0.2) is 17.6 Å². The average molecular weight is 297 g/mol. The van der Waals surface area contributed by atoms with E-state index in [9.17, 15) is 4.79 Å². The van der Waals surface area contributed by atoms with Gasteiger partial charge in [0.25, 0.3) is 0 Å². The zero-order valence-corrected chi connectivity index (χ0v) is 13.0. The summed E-state index contributed by atoms with van der Waals surface area (Å²) in [6, 6.07) is 7.98. The Labute approximate surface area is 129 Å². The molecule has 0 amide bonds. The van der Waals surface area contributed by atoms with Gasteiger partial charge in [0, 0.05) is 29.3 Å². The van der Waals surface area contributed by atoms with E-state index in [2.05, 4.69) is 30.2 Å². The highest BCUT2D eigenvalue weighted by atomic mass is 16.5. The first kappa shape index (κ1) is 15.6. The molecule has 0 aliphatic heterocycles. The second-order valence-corrected chi connectivity index (χ2v) is 5.03. The Bertz CT molecular complexity index is 766. The molecule has 5 nitrogen and oxygen atoms in total. The van der Waals surface area contributed by atoms with E-state index in [1.54, 1.807) is 6.92 Å². The van der Waals surface area contributed by atoms with Gasteiger partial charge in [-0.3, -0.25) is 0 Å². The van der Waals surface area contributed by atoms with Crippen LogP contribution in [0.15, 0.2) is 30.0 Å². The van der Waals surface area contributed by atoms with E-state index in [0.717, 1.165) is 16.8 Å². The first-order valence-corrected chi connectivity index (χ1v) is 7.15. The summed E-state index contributed by atoms with van der Waals surface area (Å²) in [5, 5.41) is 13.1. The van der Waals surface area contributed by atoms with Gasteiger partial charge in [-0.2, -0.15) is 5.26 Å². The molecule has 2 rings (SSSR count). The van der Waals surface area contributed by atoms with Crippen molar-refractivity contribution in [1.82, 2.24) is 10.3 Å². The summed E-state index contributed by atoms with van der Waals surface area (Å²) in [5.74, 6) is -0.606. The molecule has 0 saturated heterocycles. The number of H-pyrrole nitrogens is 1. The van der Waals surface area contributed by atoms with E-state index in [1.807, 2.05) is 18.2 Å². The van der Waals surface area contributed by atoms with E-state index in [4.69, 9.17) is 10.00 Å². The minimum atomic E-state index is -0.606. The van der Waals surface area contributed by atoms with Crippen LogP contribution in [0.4, 0.5) is 0 Å². The fourth-order valence-electron chi connectivity index (χ4n) is 2.24. The lowest BCUT2D eigenvalue weighted by Crippen LogP contribution is -2.12. The molecule has 0 radical (unpaired) electrons. The highest BCUT2D eigenvalue weighted by Crippen LogP contribution is 2.22. The Morgan fingerprint density at radius 1 is 1.45 bits per heavy atom. The van der Waals surface area contributed by atoms with Crippen LogP contribution in [0, 0.1) is 25.2 Å². The molecule has 0 unspecified atom stereocenters. The maximum Gasteiger partial charge on any atom is 0.350 e. The average Bonchev–Trinajstić information content (AvgIpc) is 2.79. The third kappa shape index (κ3) is 3.29. The number of nitriles is 1. The first-order chi connectivity index (χ1) is 10.6. The molecule has 22 heavy (non-hydrogen) atoms. The number of carbonyl (C=O) groups excluding carboxylic acids is 1. The summed E-state index contributed by atoms with van der Waals surface area (Å²) in [4.78, 5) is 14.8. The van der Waals surface area contributed by atoms with Gasteiger partial charge in [0.1, 0.15) is 6.07 Å². The molecule has 0 atom stereocenters. The standard InChI is InChI=1S/C17H19N3O2/c1-4-22-17(21)14(8-18)10-19-9-13-5-6-16-15(7-13)11(2)12(3)20-16/h5-7,10,19-20H,4,9H2,1-3H3. The fraction of sp³-hybridized carbons (Fsp3) is 0.294. The third-order valence-electron chi connectivity index (χ3n) is 3.54. The fourth-order valence-corrected chi connectivity index (χ4v) is 2.24. The van der Waals surface area contributed by atoms with Crippen LogP contribution in [0.5, 0.6) is 0 Å². The molecule has 1 heterocycles. The van der Waals surface area contributed by atoms with Gasteiger partial charge in [-0.05, 0) is 44.0 Å². The zero-order valence-electron chi connectivity index (χ0n) is 13.0. The van der Waals surface area contributed by atoms with Gasteiger partial charge in [0.15, 0.2) is 5.57 Å². The van der Waals surface area contributed by atoms with E-state index in [-0.39, 0.29) is 12.2 Å². The van der Waals surface area contributed by atoms with Crippen molar-refractivity contribution in [3.63, 3.8) is 0 Å². The summed E-state index contributed by atoms with van der Waals surface area (Å²) in [5.41, 5.74) is 4.55. The number of hydrogen-bond donors (Lipinski definition) is 2. The molecule has 0 aliphatic rings. The Kier molecular flexibility index (Phi) is 4.84. The number of aromatic nitrogens is 1. The minimum Gasteiger partial charge on any atom is -0.462 e. The second-order valence-electron chi connectivity index (χ2n) is 5.03. The summed E-state index contributed by atoms with van der Waals surface area (Å²) in [7, 11) is 0. The minimum absolute atomic E-state index is 0.0309. The van der Waals surface area contributed by atoms with Crippen LogP contribution in [0.2, 0.25) is 0 Å². The van der Waals surface area contributed by atoms with Gasteiger partial charge in [0.05, 0.1) is 6.61 Å². The van der Waals surface area contributed by atoms with Crippen molar-refractivity contribution >= 4 is 16.9 Å². The molecule has 114 valence electrons. The molecule has 1 aromatic carbocycles. The Morgan fingerprint density at radius 3 is 2.91 bits per heavy atom. The van der Waals surface area contributed by atoms with Crippen LogP contribution in [-0.2, 0) is 16.1 Å². The van der Waals surface area contributed by atoms with Crippen LogP contribution in [0.3, 0.4) is 0 Å². The molecule has 0 fully saturated rings. The van der Waals surface area contributed by atoms with Crippen molar-refractivity contribution in [2.24, 2.45) is 0 Å². The molecule has 1 aromatic heterocycles. The van der Waals surface area contributed by atoms with Crippen molar-refractivity contribution in [2.45, 2.75) is 27.3 Å². The molecular formula is C17H19N3O2. The summed E-state index contributed by atoms with van der Waals surface area (Å²) in [6.45, 7) is 6.62. The number of aryl methyl sites for hydroxylation is 2. The predicted octanol–water partition coefficient (Wildman–Crippen LogP) is 2.84. The monoisotopic (exact) mass is 297 g/mol. The number of nitrogens with zero attached hydrogens (tertiary/aromatic N) is 1. The van der Waals surface area contributed by atoms with E-state index in [0.29, 0.717) is 6.54 Å². The highest BCUT2D eigenvalue weighted by Gasteiger charge is 2.09. The molecular weight excluding hydrogens is 278 g/mol. The van der Waals surface area contributed by atoms with Crippen molar-refractivity contribution < 1.29 is 9.53 Å². The van der Waals surface area contributed by atoms with Crippen molar-refractivity contribution in [2.75, 3.05) is 6.61 Å². The van der Waals surface area contributed by atoms with E-state index in [1.165, 1.54) is 17.1 Å². The second kappa shape index (κ2) is 6.81. The van der Waals surface area contributed by atoms with Crippen molar-refractivity contribution in [3.05, 3.63) is 46.8 Å². The van der Waals surface area contributed by atoms with Crippen molar-refractivity contribution in [3.8, 4) is 6.07 Å². The lowest BCUT2D eigenvalue weighted by atomic mass is 10.1. The summed E-state index contributed by atoms with van der Waals surface area (Å²) < 4.78 is 4.80. The number of esters is 1. The van der Waals surface area contributed by atoms with Crippen LogP contribution in [0.25, 0.3) is 10.9 Å². The largest absolute Gasteiger partial charge is 0.462 e. The molecule has 0 spiro atoms. The zero-order chi connectivity index (χ0) is 16.1. The van der Waals surface area contributed by atoms with Gasteiger partial charge >= 0.3 is 5.97 Å². The SMILES string of the molecule is CCOC(=O)C(C#N)=CNCc1ccc2[nH]c(C)c(C)c2c1. The molecule has 2 N–H and O–H groups in total. The van der Waals surface area contributed by atoms with Gasteiger partial charge < -0.3 is 15.0 Å². The van der Waals surface area contributed by atoms with Crippen molar-refractivity contribution in [1.29, 1.82) is 5.26 Å². The maximum atomic E-state index is 11.5. The Balaban J connectivity index is 2.10. The number of rotatable bonds is 5. The number of nitrogens with one attached hydrogen (secondary N) is 2. The normalized spacial score (nSPS) is 11.3. The third-order valence-corrected chi connectivity index (χ3v) is 3.54. The number of hydrogen-bond acceptors (Lipinski definition) is 4. The number of aromatic amines is 1. The van der Waals surface area contributed by atoms with Gasteiger partial charge in [0.2, 0.25) is 0 Å². The highest BCUT2D eigenvalue weighted by molar-refractivity contribution is 5.92. The van der Waals surface area contributed by atoms with Crippen LogP contribution < -0.4 is 5.32 Å². The molecule has 0 aliphatic carbocycles. The summed E-state index contributed by atoms with van der Waals surface area (Å²) in [6.07, 6.45) is 1.40. The van der Waals surface area contributed by atoms with Gasteiger partial charge in [-0.15, -0.1) is 0 Å². The molecule has 5 heteroatoms. The smallest absolute Gasteiger partial charge is 0.350 e.